The number of carbonyl (C=O) groups is 1. The van der Waals surface area contributed by atoms with Crippen molar-refractivity contribution in [2.75, 3.05) is 26.2 Å². The molecular weight excluding hydrogens is 332 g/mol. The minimum atomic E-state index is -0.00695. The van der Waals surface area contributed by atoms with E-state index >= 15 is 0 Å². The summed E-state index contributed by atoms with van der Waals surface area (Å²) in [7, 11) is 0. The van der Waals surface area contributed by atoms with Crippen molar-refractivity contribution in [3.8, 4) is 0 Å². The van der Waals surface area contributed by atoms with Gasteiger partial charge in [-0.15, -0.1) is 0 Å². The molecular formula is C24H34N2O. The zero-order chi connectivity index (χ0) is 18.6. The maximum atomic E-state index is 12.6. The molecule has 1 saturated heterocycles. The number of nitrogens with one attached hydrogen (secondary N) is 1. The number of Topliss-reactive ketones (excluding diaryl/α,β-unsaturated/α-hetero) is 1. The molecule has 5 rings (SSSR count). The van der Waals surface area contributed by atoms with Crippen LogP contribution in [0.1, 0.15) is 67.2 Å². The summed E-state index contributed by atoms with van der Waals surface area (Å²) in [6.07, 6.45) is 6.81. The standard InChI is InChI=1S/C24H34N2O/c1-16-13-17-3-4-20-19(7-8-24(2)22(20)5-6-23(24)27)21(17)14-18(16)15-26-11-9-25-10-12-26/h13-14,19-20,22,25H,3-12,15H2,1-2H3/t19-,20+,22-,24-/m0/s1. The van der Waals surface area contributed by atoms with Crippen LogP contribution in [-0.4, -0.2) is 36.9 Å². The monoisotopic (exact) mass is 366 g/mol. The molecule has 0 aromatic heterocycles. The summed E-state index contributed by atoms with van der Waals surface area (Å²) in [5.41, 5.74) is 6.25. The van der Waals surface area contributed by atoms with E-state index in [1.165, 1.54) is 30.4 Å². The van der Waals surface area contributed by atoms with Gasteiger partial charge in [-0.05, 0) is 79.0 Å². The van der Waals surface area contributed by atoms with E-state index in [1.54, 1.807) is 11.1 Å². The van der Waals surface area contributed by atoms with Crippen LogP contribution in [0.4, 0.5) is 0 Å². The molecule has 146 valence electrons. The quantitative estimate of drug-likeness (QED) is 0.863. The van der Waals surface area contributed by atoms with E-state index in [9.17, 15) is 4.79 Å². The zero-order valence-corrected chi connectivity index (χ0v) is 17.0. The topological polar surface area (TPSA) is 32.3 Å². The summed E-state index contributed by atoms with van der Waals surface area (Å²) in [6, 6.07) is 5.07. The molecule has 3 fully saturated rings. The molecule has 0 bridgehead atoms. The van der Waals surface area contributed by atoms with E-state index in [0.717, 1.165) is 57.9 Å². The molecule has 3 heteroatoms. The largest absolute Gasteiger partial charge is 0.314 e. The highest BCUT2D eigenvalue weighted by Gasteiger charge is 2.54. The highest BCUT2D eigenvalue weighted by atomic mass is 16.1. The van der Waals surface area contributed by atoms with E-state index in [-0.39, 0.29) is 5.41 Å². The minimum Gasteiger partial charge on any atom is -0.314 e. The Kier molecular flexibility index (Phi) is 4.44. The Balaban J connectivity index is 1.44. The fourth-order valence-electron chi connectivity index (χ4n) is 6.84. The van der Waals surface area contributed by atoms with Crippen LogP contribution in [0.5, 0.6) is 0 Å². The summed E-state index contributed by atoms with van der Waals surface area (Å²) in [4.78, 5) is 15.2. The number of hydrogen-bond acceptors (Lipinski definition) is 3. The fraction of sp³-hybridized carbons (Fsp3) is 0.708. The summed E-state index contributed by atoms with van der Waals surface area (Å²) in [5, 5.41) is 3.46. The van der Waals surface area contributed by atoms with E-state index < -0.39 is 0 Å². The molecule has 4 atom stereocenters. The van der Waals surface area contributed by atoms with Crippen molar-refractivity contribution >= 4 is 5.78 Å². The fourth-order valence-corrected chi connectivity index (χ4v) is 6.84. The first-order chi connectivity index (χ1) is 13.1. The second-order valence-electron chi connectivity index (χ2n) is 9.84. The number of rotatable bonds is 2. The lowest BCUT2D eigenvalue weighted by molar-refractivity contribution is -0.129. The third-order valence-corrected chi connectivity index (χ3v) is 8.49. The Hall–Kier alpha value is -1.19. The van der Waals surface area contributed by atoms with Crippen molar-refractivity contribution in [1.29, 1.82) is 0 Å². The second kappa shape index (κ2) is 6.70. The molecule has 4 aliphatic rings. The molecule has 1 N–H and O–H groups in total. The van der Waals surface area contributed by atoms with Crippen LogP contribution in [0.25, 0.3) is 0 Å². The molecule has 1 heterocycles. The Morgan fingerprint density at radius 2 is 1.96 bits per heavy atom. The van der Waals surface area contributed by atoms with Crippen molar-refractivity contribution in [3.63, 3.8) is 0 Å². The van der Waals surface area contributed by atoms with Crippen molar-refractivity contribution in [3.05, 3.63) is 34.4 Å². The van der Waals surface area contributed by atoms with Crippen LogP contribution in [0.2, 0.25) is 0 Å². The smallest absolute Gasteiger partial charge is 0.139 e. The van der Waals surface area contributed by atoms with Gasteiger partial charge in [-0.25, -0.2) is 0 Å². The van der Waals surface area contributed by atoms with Crippen LogP contribution >= 0.6 is 0 Å². The molecule has 3 aliphatic carbocycles. The molecule has 0 amide bonds. The van der Waals surface area contributed by atoms with Crippen LogP contribution in [-0.2, 0) is 17.8 Å². The van der Waals surface area contributed by atoms with Crippen molar-refractivity contribution in [2.24, 2.45) is 17.3 Å². The van der Waals surface area contributed by atoms with Crippen LogP contribution in [0, 0.1) is 24.2 Å². The summed E-state index contributed by atoms with van der Waals surface area (Å²) in [6.45, 7) is 10.2. The van der Waals surface area contributed by atoms with E-state index in [1.807, 2.05) is 0 Å². The first kappa shape index (κ1) is 17.9. The molecule has 1 aromatic rings. The molecule has 27 heavy (non-hydrogen) atoms. The number of piperazine rings is 1. The molecule has 1 aromatic carbocycles. The van der Waals surface area contributed by atoms with Gasteiger partial charge in [0.05, 0.1) is 0 Å². The van der Waals surface area contributed by atoms with Crippen LogP contribution in [0.3, 0.4) is 0 Å². The van der Waals surface area contributed by atoms with Gasteiger partial charge in [-0.1, -0.05) is 19.1 Å². The Labute approximate surface area is 163 Å². The number of hydrogen-bond donors (Lipinski definition) is 1. The Morgan fingerprint density at radius 3 is 2.78 bits per heavy atom. The predicted molar refractivity (Wildman–Crippen MR) is 109 cm³/mol. The summed E-state index contributed by atoms with van der Waals surface area (Å²) in [5.74, 6) is 2.62. The Morgan fingerprint density at radius 1 is 1.15 bits per heavy atom. The number of fused-ring (bicyclic) bond motifs is 5. The Bertz CT molecular complexity index is 751. The van der Waals surface area contributed by atoms with E-state index in [0.29, 0.717) is 17.6 Å². The minimum absolute atomic E-state index is 0.00695. The highest BCUT2D eigenvalue weighted by molar-refractivity contribution is 5.87. The predicted octanol–water partition coefficient (Wildman–Crippen LogP) is 3.83. The van der Waals surface area contributed by atoms with Gasteiger partial charge in [0.1, 0.15) is 5.78 Å². The number of ketones is 1. The third kappa shape index (κ3) is 2.89. The molecule has 2 saturated carbocycles. The summed E-state index contributed by atoms with van der Waals surface area (Å²) < 4.78 is 0. The maximum Gasteiger partial charge on any atom is 0.139 e. The molecule has 0 spiro atoms. The number of nitrogens with zero attached hydrogens (tertiary/aromatic N) is 1. The van der Waals surface area contributed by atoms with Gasteiger partial charge in [0.25, 0.3) is 0 Å². The van der Waals surface area contributed by atoms with Crippen molar-refractivity contribution in [2.45, 2.75) is 64.8 Å². The SMILES string of the molecule is Cc1cc2c(cc1CN1CCNCC1)[C@H]1CC[C@]3(C)C(=O)CC[C@H]3[C@@H]1CC2. The van der Waals surface area contributed by atoms with Crippen molar-refractivity contribution < 1.29 is 4.79 Å². The van der Waals surface area contributed by atoms with Gasteiger partial charge in [0.15, 0.2) is 0 Å². The average molecular weight is 367 g/mol. The van der Waals surface area contributed by atoms with Crippen molar-refractivity contribution in [1.82, 2.24) is 10.2 Å². The normalized spacial score (nSPS) is 36.2. The van der Waals surface area contributed by atoms with Gasteiger partial charge >= 0.3 is 0 Å². The first-order valence-electron chi connectivity index (χ1n) is 11.1. The van der Waals surface area contributed by atoms with Crippen LogP contribution in [0.15, 0.2) is 12.1 Å². The van der Waals surface area contributed by atoms with E-state index in [2.05, 4.69) is 36.2 Å². The zero-order valence-electron chi connectivity index (χ0n) is 17.0. The van der Waals surface area contributed by atoms with Crippen LogP contribution < -0.4 is 5.32 Å². The number of benzene rings is 1. The summed E-state index contributed by atoms with van der Waals surface area (Å²) >= 11 is 0. The lowest BCUT2D eigenvalue weighted by atomic mass is 9.55. The molecule has 1 aliphatic heterocycles. The van der Waals surface area contributed by atoms with Gasteiger partial charge in [0.2, 0.25) is 0 Å². The van der Waals surface area contributed by atoms with Gasteiger partial charge in [0, 0.05) is 44.6 Å². The lowest BCUT2D eigenvalue weighted by Gasteiger charge is -2.48. The van der Waals surface area contributed by atoms with E-state index in [4.69, 9.17) is 0 Å². The molecule has 0 unspecified atom stereocenters. The number of aryl methyl sites for hydroxylation is 2. The average Bonchev–Trinajstić information content (AvgIpc) is 2.98. The third-order valence-electron chi connectivity index (χ3n) is 8.49. The number of carbonyl (C=O) groups excluding carboxylic acids is 1. The van der Waals surface area contributed by atoms with Gasteiger partial charge in [-0.2, -0.15) is 0 Å². The molecule has 0 radical (unpaired) electrons. The lowest BCUT2D eigenvalue weighted by Crippen LogP contribution is -2.43. The first-order valence-corrected chi connectivity index (χ1v) is 11.1. The highest BCUT2D eigenvalue weighted by Crippen LogP contribution is 2.59. The van der Waals surface area contributed by atoms with Gasteiger partial charge in [-0.3, -0.25) is 9.69 Å². The molecule has 3 nitrogen and oxygen atoms in total. The second-order valence-corrected chi connectivity index (χ2v) is 9.84. The van der Waals surface area contributed by atoms with Gasteiger partial charge < -0.3 is 5.32 Å². The maximum absolute atomic E-state index is 12.6.